The first-order chi connectivity index (χ1) is 14.6. The molecular formula is C20H22ClN5O2S2. The standard InChI is InChI=1S/C20H22ClN5O2S2/c21-17-7-6-16(30-17)13-24-8-10-25(11-9-24)18(27)14-29-20-23-22-19(28)26(20)12-15-4-2-1-3-5-15/h1-7H,8-14H2,(H,22,28). The zero-order valence-corrected chi connectivity index (χ0v) is 18.7. The summed E-state index contributed by atoms with van der Waals surface area (Å²) in [5.74, 6) is 0.333. The van der Waals surface area contributed by atoms with E-state index in [1.54, 1.807) is 15.9 Å². The maximum atomic E-state index is 12.7. The van der Waals surface area contributed by atoms with Crippen molar-refractivity contribution in [2.24, 2.45) is 0 Å². The molecule has 0 atom stereocenters. The Hall–Kier alpha value is -2.07. The predicted molar refractivity (Wildman–Crippen MR) is 120 cm³/mol. The van der Waals surface area contributed by atoms with Crippen LogP contribution in [-0.4, -0.2) is 62.4 Å². The third kappa shape index (κ3) is 5.34. The van der Waals surface area contributed by atoms with Gasteiger partial charge in [-0.2, -0.15) is 0 Å². The van der Waals surface area contributed by atoms with Crippen LogP contribution in [0.2, 0.25) is 4.34 Å². The van der Waals surface area contributed by atoms with Crippen molar-refractivity contribution in [3.05, 3.63) is 67.7 Å². The molecule has 1 aromatic carbocycles. The van der Waals surface area contributed by atoms with Gasteiger partial charge < -0.3 is 4.90 Å². The molecule has 1 N–H and O–H groups in total. The summed E-state index contributed by atoms with van der Waals surface area (Å²) < 4.78 is 2.37. The molecule has 0 saturated carbocycles. The van der Waals surface area contributed by atoms with Crippen molar-refractivity contribution in [3.8, 4) is 0 Å². The van der Waals surface area contributed by atoms with E-state index in [0.717, 1.165) is 29.5 Å². The van der Waals surface area contributed by atoms with Crippen molar-refractivity contribution in [1.29, 1.82) is 0 Å². The molecule has 2 aromatic heterocycles. The number of hydrogen-bond acceptors (Lipinski definition) is 6. The second kappa shape index (κ2) is 9.82. The number of nitrogens with zero attached hydrogens (tertiary/aromatic N) is 4. The Kier molecular flexibility index (Phi) is 6.93. The summed E-state index contributed by atoms with van der Waals surface area (Å²) >= 11 is 8.90. The Bertz CT molecular complexity index is 1040. The summed E-state index contributed by atoms with van der Waals surface area (Å²) in [5, 5.41) is 7.11. The SMILES string of the molecule is O=C(CSc1n[nH]c(=O)n1Cc1ccccc1)N1CCN(Cc2ccc(Cl)s2)CC1. The van der Waals surface area contributed by atoms with Crippen LogP contribution in [0.3, 0.4) is 0 Å². The summed E-state index contributed by atoms with van der Waals surface area (Å²) in [6.45, 7) is 4.39. The zero-order valence-electron chi connectivity index (χ0n) is 16.3. The number of nitrogens with one attached hydrogen (secondary N) is 1. The first-order valence-corrected chi connectivity index (χ1v) is 11.8. The van der Waals surface area contributed by atoms with Gasteiger partial charge in [-0.1, -0.05) is 53.7 Å². The molecule has 3 heterocycles. The van der Waals surface area contributed by atoms with Crippen molar-refractivity contribution in [2.45, 2.75) is 18.2 Å². The topological polar surface area (TPSA) is 74.2 Å². The van der Waals surface area contributed by atoms with Crippen LogP contribution in [0.15, 0.2) is 52.4 Å². The van der Waals surface area contributed by atoms with E-state index in [1.807, 2.05) is 41.3 Å². The Balaban J connectivity index is 1.28. The van der Waals surface area contributed by atoms with Crippen LogP contribution in [0.1, 0.15) is 10.4 Å². The fourth-order valence-electron chi connectivity index (χ4n) is 3.35. The van der Waals surface area contributed by atoms with E-state index in [4.69, 9.17) is 11.6 Å². The van der Waals surface area contributed by atoms with E-state index in [1.165, 1.54) is 16.6 Å². The second-order valence-corrected chi connectivity index (χ2v) is 9.78. The number of piperazine rings is 1. The highest BCUT2D eigenvalue weighted by atomic mass is 35.5. The molecule has 158 valence electrons. The Labute approximate surface area is 187 Å². The Morgan fingerprint density at radius 1 is 1.10 bits per heavy atom. The van der Waals surface area contributed by atoms with Crippen molar-refractivity contribution in [1.82, 2.24) is 24.6 Å². The number of H-pyrrole nitrogens is 1. The molecule has 30 heavy (non-hydrogen) atoms. The number of aromatic amines is 1. The number of benzene rings is 1. The monoisotopic (exact) mass is 463 g/mol. The minimum absolute atomic E-state index is 0.0699. The van der Waals surface area contributed by atoms with Crippen LogP contribution in [-0.2, 0) is 17.9 Å². The fraction of sp³-hybridized carbons (Fsp3) is 0.350. The third-order valence-corrected chi connectivity index (χ3v) is 7.14. The molecule has 1 saturated heterocycles. The average Bonchev–Trinajstić information content (AvgIpc) is 3.33. The Morgan fingerprint density at radius 2 is 1.87 bits per heavy atom. The molecule has 7 nitrogen and oxygen atoms in total. The highest BCUT2D eigenvalue weighted by molar-refractivity contribution is 7.99. The van der Waals surface area contributed by atoms with Crippen molar-refractivity contribution in [3.63, 3.8) is 0 Å². The predicted octanol–water partition coefficient (Wildman–Crippen LogP) is 2.77. The molecular weight excluding hydrogens is 442 g/mol. The highest BCUT2D eigenvalue weighted by Crippen LogP contribution is 2.23. The van der Waals surface area contributed by atoms with E-state index in [-0.39, 0.29) is 17.3 Å². The third-order valence-electron chi connectivity index (χ3n) is 4.96. The van der Waals surface area contributed by atoms with Gasteiger partial charge in [0, 0.05) is 37.6 Å². The first-order valence-electron chi connectivity index (χ1n) is 9.65. The number of amides is 1. The van der Waals surface area contributed by atoms with E-state index in [9.17, 15) is 9.59 Å². The lowest BCUT2D eigenvalue weighted by molar-refractivity contribution is -0.130. The molecule has 0 radical (unpaired) electrons. The zero-order chi connectivity index (χ0) is 20.9. The number of thiophene rings is 1. The van der Waals surface area contributed by atoms with Gasteiger partial charge in [-0.05, 0) is 17.7 Å². The van der Waals surface area contributed by atoms with Crippen LogP contribution >= 0.6 is 34.7 Å². The van der Waals surface area contributed by atoms with Gasteiger partial charge in [-0.15, -0.1) is 16.4 Å². The quantitative estimate of drug-likeness (QED) is 0.545. The second-order valence-electron chi connectivity index (χ2n) is 7.03. The lowest BCUT2D eigenvalue weighted by Gasteiger charge is -2.34. The van der Waals surface area contributed by atoms with Crippen LogP contribution in [0.4, 0.5) is 0 Å². The summed E-state index contributed by atoms with van der Waals surface area (Å²) in [4.78, 5) is 30.2. The molecule has 3 aromatic rings. The van der Waals surface area contributed by atoms with Gasteiger partial charge in [0.25, 0.3) is 0 Å². The summed E-state index contributed by atoms with van der Waals surface area (Å²) in [5.41, 5.74) is 0.744. The maximum Gasteiger partial charge on any atom is 0.344 e. The number of carbonyl (C=O) groups excluding carboxylic acids is 1. The molecule has 4 rings (SSSR count). The van der Waals surface area contributed by atoms with Crippen LogP contribution in [0, 0.1) is 0 Å². The smallest absolute Gasteiger partial charge is 0.339 e. The molecule has 1 amide bonds. The van der Waals surface area contributed by atoms with E-state index < -0.39 is 0 Å². The number of hydrogen-bond donors (Lipinski definition) is 1. The van der Waals surface area contributed by atoms with Gasteiger partial charge in [0.15, 0.2) is 5.16 Å². The summed E-state index contributed by atoms with van der Waals surface area (Å²) in [6, 6.07) is 13.7. The minimum atomic E-state index is -0.268. The van der Waals surface area contributed by atoms with E-state index >= 15 is 0 Å². The molecule has 10 heteroatoms. The van der Waals surface area contributed by atoms with Gasteiger partial charge in [-0.25, -0.2) is 9.89 Å². The van der Waals surface area contributed by atoms with Gasteiger partial charge in [0.05, 0.1) is 16.6 Å². The maximum absolute atomic E-state index is 12.7. The van der Waals surface area contributed by atoms with Gasteiger partial charge in [0.1, 0.15) is 0 Å². The van der Waals surface area contributed by atoms with Crippen LogP contribution < -0.4 is 5.69 Å². The lowest BCUT2D eigenvalue weighted by atomic mass is 10.2. The molecule has 1 aliphatic rings. The molecule has 0 aliphatic carbocycles. The number of halogens is 1. The molecule has 0 bridgehead atoms. The molecule has 1 fully saturated rings. The van der Waals surface area contributed by atoms with Crippen molar-refractivity contribution < 1.29 is 4.79 Å². The fourth-order valence-corrected chi connectivity index (χ4v) is 5.33. The normalized spacial score (nSPS) is 14.9. The van der Waals surface area contributed by atoms with Crippen LogP contribution in [0.25, 0.3) is 0 Å². The largest absolute Gasteiger partial charge is 0.344 e. The number of thioether (sulfide) groups is 1. The van der Waals surface area contributed by atoms with E-state index in [0.29, 0.717) is 24.8 Å². The number of aromatic nitrogens is 3. The Morgan fingerprint density at radius 3 is 2.57 bits per heavy atom. The van der Waals surface area contributed by atoms with Gasteiger partial charge in [-0.3, -0.25) is 14.3 Å². The van der Waals surface area contributed by atoms with E-state index in [2.05, 4.69) is 21.2 Å². The molecule has 0 spiro atoms. The lowest BCUT2D eigenvalue weighted by Crippen LogP contribution is -2.48. The average molecular weight is 464 g/mol. The molecule has 0 unspecified atom stereocenters. The van der Waals surface area contributed by atoms with Gasteiger partial charge >= 0.3 is 5.69 Å². The summed E-state index contributed by atoms with van der Waals surface area (Å²) in [7, 11) is 0. The van der Waals surface area contributed by atoms with Crippen LogP contribution in [0.5, 0.6) is 0 Å². The summed E-state index contributed by atoms with van der Waals surface area (Å²) in [6.07, 6.45) is 0. The first kappa shape index (κ1) is 21.2. The highest BCUT2D eigenvalue weighted by Gasteiger charge is 2.22. The van der Waals surface area contributed by atoms with Crippen molar-refractivity contribution >= 4 is 40.6 Å². The minimum Gasteiger partial charge on any atom is -0.339 e. The molecule has 1 aliphatic heterocycles. The van der Waals surface area contributed by atoms with Crippen molar-refractivity contribution in [2.75, 3.05) is 31.9 Å². The number of carbonyl (C=O) groups is 1. The van der Waals surface area contributed by atoms with Gasteiger partial charge in [0.2, 0.25) is 5.91 Å². The number of rotatable bonds is 7.